The molecular weight excluding hydrogens is 144 g/mol. The van der Waals surface area contributed by atoms with Crippen LogP contribution in [0.3, 0.4) is 0 Å². The van der Waals surface area contributed by atoms with E-state index in [9.17, 15) is 4.55 Å². The third-order valence-corrected chi connectivity index (χ3v) is 2.59. The molecule has 1 rings (SSSR count). The minimum Gasteiger partial charge on any atom is -0.611 e. The maximum Gasteiger partial charge on any atom is 0.152 e. The smallest absolute Gasteiger partial charge is 0.152 e. The van der Waals surface area contributed by atoms with Gasteiger partial charge in [0.25, 0.3) is 0 Å². The van der Waals surface area contributed by atoms with Gasteiger partial charge in [-0.15, -0.1) is 0 Å². The maximum absolute atomic E-state index is 11.1. The van der Waals surface area contributed by atoms with Crippen molar-refractivity contribution in [2.45, 2.75) is 11.8 Å². The highest BCUT2D eigenvalue weighted by atomic mass is 32.2. The van der Waals surface area contributed by atoms with E-state index in [1.807, 2.05) is 37.3 Å². The zero-order valence-corrected chi connectivity index (χ0v) is 6.73. The lowest BCUT2D eigenvalue weighted by molar-refractivity contribution is 0.596. The molecule has 0 bridgehead atoms. The summed E-state index contributed by atoms with van der Waals surface area (Å²) in [5.74, 6) is 0.698. The highest BCUT2D eigenvalue weighted by molar-refractivity contribution is 7.91. The maximum atomic E-state index is 11.1. The van der Waals surface area contributed by atoms with Gasteiger partial charge < -0.3 is 4.55 Å². The van der Waals surface area contributed by atoms with Crippen LogP contribution in [-0.2, 0) is 11.2 Å². The quantitative estimate of drug-likeness (QED) is 0.596. The number of benzene rings is 1. The molecule has 0 heterocycles. The predicted molar refractivity (Wildman–Crippen MR) is 43.4 cm³/mol. The predicted octanol–water partition coefficient (Wildman–Crippen LogP) is 1.81. The van der Waals surface area contributed by atoms with Gasteiger partial charge >= 0.3 is 0 Å². The first-order valence-electron chi connectivity index (χ1n) is 3.28. The molecule has 0 aliphatic carbocycles. The van der Waals surface area contributed by atoms with Gasteiger partial charge in [-0.3, -0.25) is 0 Å². The van der Waals surface area contributed by atoms with Crippen LogP contribution < -0.4 is 0 Å². The molecule has 0 spiro atoms. The Morgan fingerprint density at radius 1 is 1.30 bits per heavy atom. The lowest BCUT2D eigenvalue weighted by Crippen LogP contribution is -2.02. The van der Waals surface area contributed by atoms with Crippen LogP contribution in [0.1, 0.15) is 6.92 Å². The molecule has 0 saturated carbocycles. The van der Waals surface area contributed by atoms with Gasteiger partial charge in [0.05, 0.1) is 0 Å². The van der Waals surface area contributed by atoms with Crippen LogP contribution in [0.4, 0.5) is 0 Å². The summed E-state index contributed by atoms with van der Waals surface area (Å²) in [6.07, 6.45) is 0. The Balaban J connectivity index is 2.75. The first-order valence-corrected chi connectivity index (χ1v) is 4.60. The van der Waals surface area contributed by atoms with Gasteiger partial charge in [-0.25, -0.2) is 0 Å². The second-order valence-corrected chi connectivity index (χ2v) is 3.69. The summed E-state index contributed by atoms with van der Waals surface area (Å²) in [4.78, 5) is 0.921. The molecule has 1 atom stereocenters. The van der Waals surface area contributed by atoms with Crippen LogP contribution in [0.15, 0.2) is 35.2 Å². The van der Waals surface area contributed by atoms with Crippen molar-refractivity contribution >= 4 is 11.2 Å². The van der Waals surface area contributed by atoms with E-state index in [0.29, 0.717) is 5.75 Å². The Kier molecular flexibility index (Phi) is 2.78. The summed E-state index contributed by atoms with van der Waals surface area (Å²) >= 11 is -0.790. The van der Waals surface area contributed by atoms with Gasteiger partial charge in [0.1, 0.15) is 5.75 Å². The van der Waals surface area contributed by atoms with Crippen molar-refractivity contribution in [1.29, 1.82) is 0 Å². The molecule has 54 valence electrons. The molecular formula is C8H10OS. The molecule has 1 unspecified atom stereocenters. The van der Waals surface area contributed by atoms with Crippen LogP contribution in [0.2, 0.25) is 0 Å². The second-order valence-electron chi connectivity index (χ2n) is 1.95. The SMILES string of the molecule is CC[S+]([O-])c1ccccc1. The van der Waals surface area contributed by atoms with Crippen molar-refractivity contribution < 1.29 is 4.55 Å². The Bertz CT molecular complexity index is 186. The second kappa shape index (κ2) is 3.64. The van der Waals surface area contributed by atoms with E-state index in [0.717, 1.165) is 4.90 Å². The Morgan fingerprint density at radius 2 is 1.90 bits per heavy atom. The van der Waals surface area contributed by atoms with Gasteiger partial charge in [0, 0.05) is 0 Å². The molecule has 0 amide bonds. The molecule has 0 N–H and O–H groups in total. The van der Waals surface area contributed by atoms with Gasteiger partial charge in [0.2, 0.25) is 0 Å². The normalized spacial score (nSPS) is 13.0. The van der Waals surface area contributed by atoms with Crippen molar-refractivity contribution in [2.75, 3.05) is 5.75 Å². The molecule has 0 radical (unpaired) electrons. The largest absolute Gasteiger partial charge is 0.611 e. The van der Waals surface area contributed by atoms with Crippen molar-refractivity contribution in [3.05, 3.63) is 30.3 Å². The van der Waals surface area contributed by atoms with Crippen molar-refractivity contribution in [3.63, 3.8) is 0 Å². The van der Waals surface area contributed by atoms with Gasteiger partial charge in [-0.2, -0.15) is 0 Å². The van der Waals surface area contributed by atoms with Crippen LogP contribution in [-0.4, -0.2) is 10.3 Å². The molecule has 0 aliphatic rings. The lowest BCUT2D eigenvalue weighted by atomic mass is 10.4. The molecule has 0 saturated heterocycles. The van der Waals surface area contributed by atoms with Gasteiger partial charge in [0.15, 0.2) is 4.90 Å². The molecule has 10 heavy (non-hydrogen) atoms. The van der Waals surface area contributed by atoms with Crippen molar-refractivity contribution in [1.82, 2.24) is 0 Å². The Hall–Kier alpha value is -0.470. The van der Waals surface area contributed by atoms with E-state index >= 15 is 0 Å². The lowest BCUT2D eigenvalue weighted by Gasteiger charge is -2.05. The molecule has 1 aromatic rings. The fourth-order valence-corrected chi connectivity index (χ4v) is 1.53. The summed E-state index contributed by atoms with van der Waals surface area (Å²) in [7, 11) is 0. The van der Waals surface area contributed by atoms with Gasteiger partial charge in [-0.05, 0) is 30.2 Å². The van der Waals surface area contributed by atoms with Crippen LogP contribution >= 0.6 is 0 Å². The topological polar surface area (TPSA) is 23.1 Å². The van der Waals surface area contributed by atoms with E-state index in [4.69, 9.17) is 0 Å². The van der Waals surface area contributed by atoms with Crippen molar-refractivity contribution in [3.8, 4) is 0 Å². The first-order chi connectivity index (χ1) is 4.84. The standard InChI is InChI=1S/C8H10OS/c1-2-10(9)8-6-4-3-5-7-8/h3-7H,2H2,1H3. The average Bonchev–Trinajstić information content (AvgIpc) is 2.05. The van der Waals surface area contributed by atoms with Crippen LogP contribution in [0.25, 0.3) is 0 Å². The monoisotopic (exact) mass is 154 g/mol. The average molecular weight is 154 g/mol. The summed E-state index contributed by atoms with van der Waals surface area (Å²) in [6, 6.07) is 9.52. The fourth-order valence-electron chi connectivity index (χ4n) is 0.739. The number of hydrogen-bond donors (Lipinski definition) is 0. The van der Waals surface area contributed by atoms with E-state index < -0.39 is 11.2 Å². The third kappa shape index (κ3) is 1.75. The fraction of sp³-hybridized carbons (Fsp3) is 0.250. The zero-order chi connectivity index (χ0) is 7.40. The van der Waals surface area contributed by atoms with E-state index in [2.05, 4.69) is 0 Å². The molecule has 0 fully saturated rings. The first kappa shape index (κ1) is 7.63. The number of hydrogen-bond acceptors (Lipinski definition) is 1. The van der Waals surface area contributed by atoms with Crippen molar-refractivity contribution in [2.24, 2.45) is 0 Å². The third-order valence-electron chi connectivity index (χ3n) is 1.27. The molecule has 1 aromatic carbocycles. The number of rotatable bonds is 2. The Morgan fingerprint density at radius 3 is 2.40 bits per heavy atom. The highest BCUT2D eigenvalue weighted by Crippen LogP contribution is 2.08. The summed E-state index contributed by atoms with van der Waals surface area (Å²) in [5, 5.41) is 0. The molecule has 2 heteroatoms. The zero-order valence-electron chi connectivity index (χ0n) is 5.91. The summed E-state index contributed by atoms with van der Waals surface area (Å²) in [6.45, 7) is 1.92. The van der Waals surface area contributed by atoms with E-state index in [1.54, 1.807) is 0 Å². The van der Waals surface area contributed by atoms with E-state index in [1.165, 1.54) is 0 Å². The molecule has 0 aliphatic heterocycles. The summed E-state index contributed by atoms with van der Waals surface area (Å²) < 4.78 is 11.1. The van der Waals surface area contributed by atoms with Crippen LogP contribution in [0.5, 0.6) is 0 Å². The molecule has 0 aromatic heterocycles. The van der Waals surface area contributed by atoms with E-state index in [-0.39, 0.29) is 0 Å². The molecule has 1 nitrogen and oxygen atoms in total. The summed E-state index contributed by atoms with van der Waals surface area (Å²) in [5.41, 5.74) is 0. The highest BCUT2D eigenvalue weighted by Gasteiger charge is 2.03. The van der Waals surface area contributed by atoms with Crippen LogP contribution in [0, 0.1) is 0 Å². The van der Waals surface area contributed by atoms with Gasteiger partial charge in [-0.1, -0.05) is 18.2 Å². The minimum atomic E-state index is -0.790. The Labute approximate surface area is 64.3 Å². The minimum absolute atomic E-state index is 0.698.